The molecule has 0 radical (unpaired) electrons. The van der Waals surface area contributed by atoms with Crippen LogP contribution in [0.3, 0.4) is 0 Å². The van der Waals surface area contributed by atoms with Crippen molar-refractivity contribution in [2.45, 2.75) is 31.7 Å². The van der Waals surface area contributed by atoms with E-state index < -0.39 is 11.7 Å². The van der Waals surface area contributed by atoms with Gasteiger partial charge in [0.25, 0.3) is 0 Å². The van der Waals surface area contributed by atoms with Gasteiger partial charge in [-0.05, 0) is 42.3 Å². The number of rotatable bonds is 6. The van der Waals surface area contributed by atoms with Crippen LogP contribution in [0.25, 0.3) is 4.85 Å². The molecule has 0 amide bonds. The summed E-state index contributed by atoms with van der Waals surface area (Å²) >= 11 is 0. The number of pyridine rings is 1. The summed E-state index contributed by atoms with van der Waals surface area (Å²) in [5.41, 5.74) is 1.94. The van der Waals surface area contributed by atoms with E-state index in [2.05, 4.69) is 14.7 Å². The molecule has 3 aromatic rings. The van der Waals surface area contributed by atoms with Crippen molar-refractivity contribution in [3.8, 4) is 0 Å². The quantitative estimate of drug-likeness (QED) is 0.448. The normalized spacial score (nSPS) is 16.6. The summed E-state index contributed by atoms with van der Waals surface area (Å²) in [6, 6.07) is 18.7. The zero-order valence-electron chi connectivity index (χ0n) is 17.5. The smallest absolute Gasteiger partial charge is 0.363 e. The molecule has 2 aromatic carbocycles. The van der Waals surface area contributed by atoms with Crippen molar-refractivity contribution in [3.63, 3.8) is 0 Å². The average molecular weight is 436 g/mol. The molecule has 1 aliphatic heterocycles. The van der Waals surface area contributed by atoms with Gasteiger partial charge in [0.1, 0.15) is 0 Å². The van der Waals surface area contributed by atoms with Gasteiger partial charge < -0.3 is 4.90 Å². The lowest BCUT2D eigenvalue weighted by molar-refractivity contribution is -0.138. The maximum absolute atomic E-state index is 13.6. The molecule has 1 aliphatic rings. The predicted octanol–water partition coefficient (Wildman–Crippen LogP) is 5.93. The minimum absolute atomic E-state index is 0.0544. The van der Waals surface area contributed by atoms with E-state index in [-0.39, 0.29) is 18.2 Å². The largest absolute Gasteiger partial charge is 0.416 e. The van der Waals surface area contributed by atoms with Gasteiger partial charge in [-0.25, -0.2) is 4.85 Å². The molecular weight excluding hydrogens is 413 g/mol. The second-order valence-corrected chi connectivity index (χ2v) is 7.91. The lowest BCUT2D eigenvalue weighted by Gasteiger charge is -2.32. The van der Waals surface area contributed by atoms with Crippen LogP contribution >= 0.6 is 0 Å². The van der Waals surface area contributed by atoms with Crippen LogP contribution in [0.15, 0.2) is 72.9 Å². The van der Waals surface area contributed by atoms with E-state index in [9.17, 15) is 13.2 Å². The summed E-state index contributed by atoms with van der Waals surface area (Å²) in [5, 5.41) is 0. The molecular formula is C25H23F3N4. The lowest BCUT2D eigenvalue weighted by Crippen LogP contribution is -2.37. The van der Waals surface area contributed by atoms with Gasteiger partial charge in [0.15, 0.2) is 5.69 Å². The molecule has 0 bridgehead atoms. The first-order chi connectivity index (χ1) is 15.4. The highest BCUT2D eigenvalue weighted by molar-refractivity contribution is 5.56. The fourth-order valence-electron chi connectivity index (χ4n) is 4.20. The van der Waals surface area contributed by atoms with Crippen LogP contribution in [0.2, 0.25) is 0 Å². The van der Waals surface area contributed by atoms with E-state index in [1.165, 1.54) is 6.07 Å². The molecule has 1 saturated heterocycles. The maximum Gasteiger partial charge on any atom is 0.416 e. The van der Waals surface area contributed by atoms with Gasteiger partial charge in [0.2, 0.25) is 0 Å². The van der Waals surface area contributed by atoms with Crippen LogP contribution in [0, 0.1) is 6.57 Å². The van der Waals surface area contributed by atoms with Crippen LogP contribution in [-0.2, 0) is 19.3 Å². The van der Waals surface area contributed by atoms with Crippen molar-refractivity contribution >= 4 is 11.4 Å². The van der Waals surface area contributed by atoms with Crippen molar-refractivity contribution in [1.82, 2.24) is 9.88 Å². The highest BCUT2D eigenvalue weighted by Crippen LogP contribution is 2.34. The highest BCUT2D eigenvalue weighted by atomic mass is 19.4. The SMILES string of the molecule is [C-]#[N+]c1ccc(N(Cc2ccccc2C(F)(F)F)[C@H]2CCN(Cc3ccccn3)C2)cc1. The molecule has 0 unspecified atom stereocenters. The van der Waals surface area contributed by atoms with Crippen LogP contribution < -0.4 is 4.90 Å². The van der Waals surface area contributed by atoms with Crippen LogP contribution in [0.4, 0.5) is 24.5 Å². The number of hydrogen-bond donors (Lipinski definition) is 0. The Bertz CT molecular complexity index is 1070. The molecule has 7 heteroatoms. The first kappa shape index (κ1) is 21.8. The van der Waals surface area contributed by atoms with Crippen LogP contribution in [0.5, 0.6) is 0 Å². The summed E-state index contributed by atoms with van der Waals surface area (Å²) in [6.45, 7) is 9.61. The Balaban J connectivity index is 1.60. The van der Waals surface area contributed by atoms with E-state index in [1.807, 2.05) is 35.2 Å². The fraction of sp³-hybridized carbons (Fsp3) is 0.280. The summed E-state index contributed by atoms with van der Waals surface area (Å²) in [4.78, 5) is 12.1. The number of aromatic nitrogens is 1. The Kier molecular flexibility index (Phi) is 6.42. The molecule has 4 rings (SSSR count). The molecule has 0 spiro atoms. The first-order valence-electron chi connectivity index (χ1n) is 10.5. The van der Waals surface area contributed by atoms with Gasteiger partial charge in [0, 0.05) is 44.1 Å². The maximum atomic E-state index is 13.6. The van der Waals surface area contributed by atoms with Crippen LogP contribution in [-0.4, -0.2) is 29.0 Å². The number of anilines is 1. The second-order valence-electron chi connectivity index (χ2n) is 7.91. The second kappa shape index (κ2) is 9.41. The number of hydrogen-bond acceptors (Lipinski definition) is 3. The molecule has 1 aromatic heterocycles. The number of halogens is 3. The summed E-state index contributed by atoms with van der Waals surface area (Å²) < 4.78 is 40.8. The van der Waals surface area contributed by atoms with E-state index in [1.54, 1.807) is 30.5 Å². The molecule has 164 valence electrons. The number of alkyl halides is 3. The zero-order valence-corrected chi connectivity index (χ0v) is 17.5. The van der Waals surface area contributed by atoms with Crippen LogP contribution in [0.1, 0.15) is 23.2 Å². The van der Waals surface area contributed by atoms with E-state index in [0.29, 0.717) is 12.2 Å². The van der Waals surface area contributed by atoms with E-state index in [4.69, 9.17) is 6.57 Å². The molecule has 0 saturated carbocycles. The van der Waals surface area contributed by atoms with Crippen molar-refractivity contribution in [1.29, 1.82) is 0 Å². The van der Waals surface area contributed by atoms with E-state index >= 15 is 0 Å². The monoisotopic (exact) mass is 436 g/mol. The Morgan fingerprint density at radius 3 is 2.47 bits per heavy atom. The summed E-state index contributed by atoms with van der Waals surface area (Å²) in [5.74, 6) is 0. The third-order valence-corrected chi connectivity index (χ3v) is 5.77. The Labute approximate surface area is 185 Å². The average Bonchev–Trinajstić information content (AvgIpc) is 3.26. The Morgan fingerprint density at radius 1 is 1.03 bits per heavy atom. The highest BCUT2D eigenvalue weighted by Gasteiger charge is 2.35. The number of nitrogens with zero attached hydrogens (tertiary/aromatic N) is 4. The van der Waals surface area contributed by atoms with Gasteiger partial charge >= 0.3 is 6.18 Å². The van der Waals surface area contributed by atoms with Crippen molar-refractivity contribution in [3.05, 3.63) is 101 Å². The molecule has 1 fully saturated rings. The topological polar surface area (TPSA) is 23.7 Å². The van der Waals surface area contributed by atoms with E-state index in [0.717, 1.165) is 37.0 Å². The molecule has 0 N–H and O–H groups in total. The van der Waals surface area contributed by atoms with Gasteiger partial charge in [-0.3, -0.25) is 9.88 Å². The number of benzene rings is 2. The van der Waals surface area contributed by atoms with Crippen molar-refractivity contribution in [2.75, 3.05) is 18.0 Å². The zero-order chi connectivity index (χ0) is 22.6. The lowest BCUT2D eigenvalue weighted by atomic mass is 10.0. The third-order valence-electron chi connectivity index (χ3n) is 5.77. The standard InChI is InChI=1S/C25H23F3N4/c1-29-20-9-11-22(12-10-20)32(16-19-6-2-3-8-24(19)25(26,27)28)23-13-15-31(18-23)17-21-7-4-5-14-30-21/h2-12,14,23H,13,15-18H2/t23-/m0/s1. The Hall–Kier alpha value is -3.37. The fourth-order valence-corrected chi connectivity index (χ4v) is 4.20. The molecule has 0 aliphatic carbocycles. The summed E-state index contributed by atoms with van der Waals surface area (Å²) in [6.07, 6.45) is -1.80. The molecule has 4 nitrogen and oxygen atoms in total. The Morgan fingerprint density at radius 2 is 1.78 bits per heavy atom. The third kappa shape index (κ3) is 5.09. The molecule has 32 heavy (non-hydrogen) atoms. The van der Waals surface area contributed by atoms with Gasteiger partial charge in [-0.15, -0.1) is 0 Å². The predicted molar refractivity (Wildman–Crippen MR) is 118 cm³/mol. The minimum Gasteiger partial charge on any atom is -0.363 e. The molecule has 2 heterocycles. The first-order valence-corrected chi connectivity index (χ1v) is 10.5. The van der Waals surface area contributed by atoms with Gasteiger partial charge in [0.05, 0.1) is 17.8 Å². The van der Waals surface area contributed by atoms with Crippen molar-refractivity contribution in [2.24, 2.45) is 0 Å². The van der Waals surface area contributed by atoms with Gasteiger partial charge in [-0.1, -0.05) is 36.4 Å². The number of likely N-dealkylation sites (tertiary alicyclic amines) is 1. The molecule has 1 atom stereocenters. The van der Waals surface area contributed by atoms with Gasteiger partial charge in [-0.2, -0.15) is 13.2 Å². The summed E-state index contributed by atoms with van der Waals surface area (Å²) in [7, 11) is 0. The van der Waals surface area contributed by atoms with Crippen molar-refractivity contribution < 1.29 is 13.2 Å². The minimum atomic E-state index is -4.41.